The second-order valence-corrected chi connectivity index (χ2v) is 4.72. The lowest BCUT2D eigenvalue weighted by atomic mass is 9.97. The van der Waals surface area contributed by atoms with Crippen molar-refractivity contribution in [3.63, 3.8) is 0 Å². The summed E-state index contributed by atoms with van der Waals surface area (Å²) < 4.78 is 13.4. The van der Waals surface area contributed by atoms with Gasteiger partial charge in [0.25, 0.3) is 0 Å². The van der Waals surface area contributed by atoms with Crippen molar-refractivity contribution in [3.05, 3.63) is 70.5 Å². The number of hydrazone groups is 1. The van der Waals surface area contributed by atoms with Crippen LogP contribution in [0.5, 0.6) is 0 Å². The Morgan fingerprint density at radius 1 is 1.00 bits per heavy atom. The SMILES string of the molecule is N/N=C(\Cc1ccc(F)c(C(=O)O)c1)c1ccccc1C(=O)O. The Kier molecular flexibility index (Phi) is 4.70. The first-order valence-corrected chi connectivity index (χ1v) is 6.55. The Bertz CT molecular complexity index is 802. The Morgan fingerprint density at radius 2 is 1.61 bits per heavy atom. The van der Waals surface area contributed by atoms with Gasteiger partial charge in [-0.15, -0.1) is 0 Å². The van der Waals surface area contributed by atoms with Crippen LogP contribution in [0, 0.1) is 5.82 Å². The van der Waals surface area contributed by atoms with Crippen LogP contribution in [0.1, 0.15) is 31.8 Å². The molecule has 0 aromatic heterocycles. The Morgan fingerprint density at radius 3 is 2.17 bits per heavy atom. The van der Waals surface area contributed by atoms with Crippen LogP contribution in [-0.4, -0.2) is 27.9 Å². The second-order valence-electron chi connectivity index (χ2n) is 4.72. The van der Waals surface area contributed by atoms with Gasteiger partial charge in [0.2, 0.25) is 0 Å². The van der Waals surface area contributed by atoms with Gasteiger partial charge in [-0.25, -0.2) is 14.0 Å². The maximum atomic E-state index is 13.4. The van der Waals surface area contributed by atoms with Crippen LogP contribution in [0.15, 0.2) is 47.6 Å². The highest BCUT2D eigenvalue weighted by atomic mass is 19.1. The van der Waals surface area contributed by atoms with Crippen molar-refractivity contribution < 1.29 is 24.2 Å². The number of benzene rings is 2. The lowest BCUT2D eigenvalue weighted by Gasteiger charge is -2.10. The van der Waals surface area contributed by atoms with E-state index < -0.39 is 23.3 Å². The quantitative estimate of drug-likeness (QED) is 0.444. The van der Waals surface area contributed by atoms with Gasteiger partial charge in [-0.05, 0) is 23.8 Å². The average molecular weight is 316 g/mol. The van der Waals surface area contributed by atoms with E-state index in [2.05, 4.69) is 5.10 Å². The molecule has 0 bridgehead atoms. The zero-order valence-corrected chi connectivity index (χ0v) is 11.9. The van der Waals surface area contributed by atoms with Gasteiger partial charge in [0.05, 0.1) is 16.8 Å². The van der Waals surface area contributed by atoms with Crippen molar-refractivity contribution in [1.82, 2.24) is 0 Å². The molecule has 0 amide bonds. The molecular formula is C16H13FN2O4. The standard InChI is InChI=1S/C16H13FN2O4/c17-13-6-5-9(7-12(13)16(22)23)8-14(19-18)10-3-1-2-4-11(10)15(20)21/h1-7H,8,18H2,(H,20,21)(H,22,23)/b19-14+. The third-order valence-electron chi connectivity index (χ3n) is 3.26. The summed E-state index contributed by atoms with van der Waals surface area (Å²) in [6.45, 7) is 0. The summed E-state index contributed by atoms with van der Waals surface area (Å²) in [5.41, 5.74) is 0.588. The van der Waals surface area contributed by atoms with E-state index in [0.717, 1.165) is 6.07 Å². The van der Waals surface area contributed by atoms with Gasteiger partial charge in [0.15, 0.2) is 0 Å². The van der Waals surface area contributed by atoms with Crippen molar-refractivity contribution in [3.8, 4) is 0 Å². The van der Waals surface area contributed by atoms with Gasteiger partial charge in [-0.1, -0.05) is 24.3 Å². The second kappa shape index (κ2) is 6.69. The average Bonchev–Trinajstić information content (AvgIpc) is 2.53. The molecule has 0 saturated carbocycles. The van der Waals surface area contributed by atoms with E-state index >= 15 is 0 Å². The molecule has 0 fully saturated rings. The van der Waals surface area contributed by atoms with Crippen LogP contribution in [-0.2, 0) is 6.42 Å². The van der Waals surface area contributed by atoms with Gasteiger partial charge >= 0.3 is 11.9 Å². The van der Waals surface area contributed by atoms with E-state index in [9.17, 15) is 19.1 Å². The molecule has 2 rings (SSSR count). The molecule has 0 radical (unpaired) electrons. The molecule has 0 heterocycles. The monoisotopic (exact) mass is 316 g/mol. The summed E-state index contributed by atoms with van der Waals surface area (Å²) in [5, 5.41) is 21.8. The molecule has 0 aliphatic heterocycles. The van der Waals surface area contributed by atoms with Crippen LogP contribution in [0.3, 0.4) is 0 Å². The van der Waals surface area contributed by atoms with Crippen molar-refractivity contribution in [2.45, 2.75) is 6.42 Å². The number of carboxylic acids is 2. The molecule has 0 aliphatic carbocycles. The maximum Gasteiger partial charge on any atom is 0.338 e. The third kappa shape index (κ3) is 3.52. The number of hydrogen-bond acceptors (Lipinski definition) is 4. The molecule has 0 aliphatic rings. The van der Waals surface area contributed by atoms with Crippen LogP contribution < -0.4 is 5.84 Å². The van der Waals surface area contributed by atoms with Gasteiger partial charge in [-0.3, -0.25) is 0 Å². The number of nitrogens with zero attached hydrogens (tertiary/aromatic N) is 1. The lowest BCUT2D eigenvalue weighted by molar-refractivity contribution is 0.0683. The van der Waals surface area contributed by atoms with Crippen molar-refractivity contribution >= 4 is 17.7 Å². The predicted octanol–water partition coefficient (Wildman–Crippen LogP) is 2.13. The highest BCUT2D eigenvalue weighted by Crippen LogP contribution is 2.16. The molecule has 4 N–H and O–H groups in total. The fourth-order valence-corrected chi connectivity index (χ4v) is 2.17. The molecule has 0 atom stereocenters. The molecule has 23 heavy (non-hydrogen) atoms. The van der Waals surface area contributed by atoms with Crippen molar-refractivity contribution in [1.29, 1.82) is 0 Å². The Hall–Kier alpha value is -3.22. The van der Waals surface area contributed by atoms with Crippen molar-refractivity contribution in [2.75, 3.05) is 0 Å². The molecule has 2 aromatic carbocycles. The molecule has 118 valence electrons. The normalized spacial score (nSPS) is 11.3. The molecule has 6 nitrogen and oxygen atoms in total. The number of rotatable bonds is 5. The summed E-state index contributed by atoms with van der Waals surface area (Å²) in [4.78, 5) is 22.2. The number of carbonyl (C=O) groups is 2. The minimum absolute atomic E-state index is 0.0252. The summed E-state index contributed by atoms with van der Waals surface area (Å²) in [5.74, 6) is 1.99. The summed E-state index contributed by atoms with van der Waals surface area (Å²) in [6.07, 6.45) is 0.0708. The van der Waals surface area contributed by atoms with Crippen molar-refractivity contribution in [2.24, 2.45) is 10.9 Å². The van der Waals surface area contributed by atoms with E-state index in [1.54, 1.807) is 18.2 Å². The number of hydrogen-bond donors (Lipinski definition) is 3. The van der Waals surface area contributed by atoms with Gasteiger partial charge < -0.3 is 16.1 Å². The predicted molar refractivity (Wildman–Crippen MR) is 81.2 cm³/mol. The molecule has 0 spiro atoms. The molecular weight excluding hydrogens is 303 g/mol. The molecule has 2 aromatic rings. The highest BCUT2D eigenvalue weighted by molar-refractivity contribution is 6.09. The van der Waals surface area contributed by atoms with Crippen LogP contribution in [0.2, 0.25) is 0 Å². The first-order valence-electron chi connectivity index (χ1n) is 6.55. The minimum Gasteiger partial charge on any atom is -0.478 e. The number of aromatic carboxylic acids is 2. The molecule has 7 heteroatoms. The van der Waals surface area contributed by atoms with Gasteiger partial charge in [0, 0.05) is 12.0 Å². The zero-order valence-electron chi connectivity index (χ0n) is 11.9. The number of halogens is 1. The molecule has 0 saturated heterocycles. The van der Waals surface area contributed by atoms with E-state index in [-0.39, 0.29) is 17.7 Å². The van der Waals surface area contributed by atoms with Crippen LogP contribution in [0.4, 0.5) is 4.39 Å². The zero-order chi connectivity index (χ0) is 17.0. The van der Waals surface area contributed by atoms with Gasteiger partial charge in [-0.2, -0.15) is 5.10 Å². The van der Waals surface area contributed by atoms with E-state index in [1.165, 1.54) is 18.2 Å². The van der Waals surface area contributed by atoms with Crippen LogP contribution >= 0.6 is 0 Å². The number of carboxylic acid groups (broad SMARTS) is 2. The van der Waals surface area contributed by atoms with E-state index in [1.807, 2.05) is 0 Å². The highest BCUT2D eigenvalue weighted by Gasteiger charge is 2.16. The lowest BCUT2D eigenvalue weighted by Crippen LogP contribution is -2.14. The fraction of sp³-hybridized carbons (Fsp3) is 0.0625. The fourth-order valence-electron chi connectivity index (χ4n) is 2.17. The summed E-state index contributed by atoms with van der Waals surface area (Å²) in [7, 11) is 0. The third-order valence-corrected chi connectivity index (χ3v) is 3.26. The largest absolute Gasteiger partial charge is 0.478 e. The molecule has 0 unspecified atom stereocenters. The maximum absolute atomic E-state index is 13.4. The van der Waals surface area contributed by atoms with Crippen LogP contribution in [0.25, 0.3) is 0 Å². The van der Waals surface area contributed by atoms with E-state index in [4.69, 9.17) is 10.9 Å². The Balaban J connectivity index is 2.41. The summed E-state index contributed by atoms with van der Waals surface area (Å²) in [6, 6.07) is 9.79. The first-order chi connectivity index (χ1) is 10.9. The topological polar surface area (TPSA) is 113 Å². The van der Waals surface area contributed by atoms with Gasteiger partial charge in [0.1, 0.15) is 5.82 Å². The first kappa shape index (κ1) is 16.2. The minimum atomic E-state index is -1.39. The number of nitrogens with two attached hydrogens (primary N) is 1. The van der Waals surface area contributed by atoms with E-state index in [0.29, 0.717) is 11.1 Å². The Labute approximate surface area is 130 Å². The smallest absolute Gasteiger partial charge is 0.338 e. The summed E-state index contributed by atoms with van der Waals surface area (Å²) >= 11 is 0.